The van der Waals surface area contributed by atoms with E-state index in [1.54, 1.807) is 0 Å². The number of carbonyl (C=O) groups excluding carboxylic acids is 1. The van der Waals surface area contributed by atoms with Gasteiger partial charge in [-0.1, -0.05) is 53.8 Å². The van der Waals surface area contributed by atoms with Crippen LogP contribution in [0.3, 0.4) is 0 Å². The lowest BCUT2D eigenvalue weighted by atomic mass is 10.3. The van der Waals surface area contributed by atoms with Crippen LogP contribution in [-0.2, 0) is 4.79 Å². The largest absolute Gasteiger partial charge is 0.303 e. The second kappa shape index (κ2) is 5.08. The molecule has 1 rings (SSSR count). The highest BCUT2D eigenvalue weighted by Crippen LogP contribution is 2.17. The first-order valence-corrected chi connectivity index (χ1v) is 8.26. The van der Waals surface area contributed by atoms with Gasteiger partial charge in [-0.05, 0) is 6.42 Å². The second-order valence-electron chi connectivity index (χ2n) is 4.30. The molecule has 1 aromatic carbocycles. The molecule has 15 heavy (non-hydrogen) atoms. The van der Waals surface area contributed by atoms with Gasteiger partial charge in [0, 0.05) is 6.42 Å². The van der Waals surface area contributed by atoms with Crippen LogP contribution in [0.2, 0.25) is 13.1 Å². The van der Waals surface area contributed by atoms with Gasteiger partial charge >= 0.3 is 0 Å². The zero-order valence-electron chi connectivity index (χ0n) is 9.49. The number of rotatable bonds is 5. The predicted octanol–water partition coefficient (Wildman–Crippen LogP) is 2.68. The maximum absolute atomic E-state index is 10.3. The Kier molecular flexibility index (Phi) is 4.03. The van der Waals surface area contributed by atoms with Gasteiger partial charge in [0.05, 0.1) is 0 Å². The lowest BCUT2D eigenvalue weighted by molar-refractivity contribution is -0.107. The smallest absolute Gasteiger partial charge is 0.120 e. The zero-order valence-corrected chi connectivity index (χ0v) is 10.5. The van der Waals surface area contributed by atoms with Crippen molar-refractivity contribution in [2.24, 2.45) is 0 Å². The van der Waals surface area contributed by atoms with Crippen molar-refractivity contribution in [1.82, 2.24) is 0 Å². The van der Waals surface area contributed by atoms with Gasteiger partial charge in [0.15, 0.2) is 0 Å². The normalized spacial score (nSPS) is 11.1. The highest BCUT2D eigenvalue weighted by Gasteiger charge is 2.25. The Morgan fingerprint density at radius 1 is 1.33 bits per heavy atom. The van der Waals surface area contributed by atoms with Gasteiger partial charge < -0.3 is 4.79 Å². The molecule has 0 aromatic heterocycles. The minimum atomic E-state index is -1.57. The molecular formula is C13H18OSi. The van der Waals surface area contributed by atoms with Crippen LogP contribution in [0.1, 0.15) is 12.8 Å². The van der Waals surface area contributed by atoms with Crippen molar-refractivity contribution in [3.63, 3.8) is 0 Å². The van der Waals surface area contributed by atoms with E-state index in [2.05, 4.69) is 43.9 Å². The van der Waals surface area contributed by atoms with Crippen LogP contribution in [0.25, 0.3) is 0 Å². The standard InChI is InChI=1S/C13H18OSi/c1-12(8-7-11-14)15(2,3)13-9-5-4-6-10-13/h4-6,9-11H,1,7-8H2,2-3H3. The monoisotopic (exact) mass is 218 g/mol. The van der Waals surface area contributed by atoms with E-state index in [0.29, 0.717) is 6.42 Å². The van der Waals surface area contributed by atoms with Crippen molar-refractivity contribution >= 4 is 19.5 Å². The van der Waals surface area contributed by atoms with E-state index >= 15 is 0 Å². The first kappa shape index (κ1) is 11.9. The molecule has 1 nitrogen and oxygen atoms in total. The molecule has 0 unspecified atom stereocenters. The van der Waals surface area contributed by atoms with Crippen molar-refractivity contribution in [1.29, 1.82) is 0 Å². The van der Waals surface area contributed by atoms with E-state index in [1.807, 2.05) is 6.07 Å². The van der Waals surface area contributed by atoms with Gasteiger partial charge in [-0.3, -0.25) is 0 Å². The van der Waals surface area contributed by atoms with Crippen LogP contribution in [0.4, 0.5) is 0 Å². The Hall–Kier alpha value is -1.15. The molecule has 80 valence electrons. The summed E-state index contributed by atoms with van der Waals surface area (Å²) < 4.78 is 0. The molecule has 0 fully saturated rings. The summed E-state index contributed by atoms with van der Waals surface area (Å²) in [5.41, 5.74) is 0. The molecule has 0 saturated carbocycles. The van der Waals surface area contributed by atoms with Crippen LogP contribution in [0, 0.1) is 0 Å². The van der Waals surface area contributed by atoms with Crippen molar-refractivity contribution < 1.29 is 4.79 Å². The fraction of sp³-hybridized carbons (Fsp3) is 0.308. The van der Waals surface area contributed by atoms with Crippen molar-refractivity contribution in [3.8, 4) is 0 Å². The summed E-state index contributed by atoms with van der Waals surface area (Å²) in [6, 6.07) is 10.5. The fourth-order valence-corrected chi connectivity index (χ4v) is 3.81. The Morgan fingerprint density at radius 3 is 2.47 bits per heavy atom. The number of aldehydes is 1. The zero-order chi connectivity index (χ0) is 11.3. The SMILES string of the molecule is C=C(CCC=O)[Si](C)(C)c1ccccc1. The number of carbonyl (C=O) groups is 1. The molecule has 1 aromatic rings. The van der Waals surface area contributed by atoms with Crippen LogP contribution in [0.15, 0.2) is 42.1 Å². The minimum Gasteiger partial charge on any atom is -0.303 e. The molecule has 0 bridgehead atoms. The van der Waals surface area contributed by atoms with E-state index in [0.717, 1.165) is 12.7 Å². The summed E-state index contributed by atoms with van der Waals surface area (Å²) in [5, 5.41) is 2.64. The Morgan fingerprint density at radius 2 is 1.93 bits per heavy atom. The van der Waals surface area contributed by atoms with Crippen LogP contribution < -0.4 is 5.19 Å². The van der Waals surface area contributed by atoms with Gasteiger partial charge in [0.1, 0.15) is 14.4 Å². The summed E-state index contributed by atoms with van der Waals surface area (Å²) in [5.74, 6) is 0. The average Bonchev–Trinajstić information content (AvgIpc) is 2.27. The number of hydrogen-bond donors (Lipinski definition) is 0. The van der Waals surface area contributed by atoms with Crippen LogP contribution in [-0.4, -0.2) is 14.4 Å². The molecule has 0 aliphatic heterocycles. The molecule has 0 spiro atoms. The van der Waals surface area contributed by atoms with E-state index in [9.17, 15) is 4.79 Å². The minimum absolute atomic E-state index is 0.599. The maximum atomic E-state index is 10.3. The highest BCUT2D eigenvalue weighted by atomic mass is 28.3. The third-order valence-corrected chi connectivity index (χ3v) is 6.74. The van der Waals surface area contributed by atoms with Gasteiger partial charge in [0.2, 0.25) is 0 Å². The van der Waals surface area contributed by atoms with Gasteiger partial charge in [0.25, 0.3) is 0 Å². The van der Waals surface area contributed by atoms with Crippen molar-refractivity contribution in [2.45, 2.75) is 25.9 Å². The van der Waals surface area contributed by atoms with E-state index in [1.165, 1.54) is 10.4 Å². The first-order valence-electron chi connectivity index (χ1n) is 5.26. The summed E-state index contributed by atoms with van der Waals surface area (Å²) >= 11 is 0. The fourth-order valence-electron chi connectivity index (χ4n) is 1.60. The summed E-state index contributed by atoms with van der Waals surface area (Å²) in [4.78, 5) is 10.3. The van der Waals surface area contributed by atoms with Gasteiger partial charge in [-0.25, -0.2) is 0 Å². The first-order chi connectivity index (χ1) is 7.09. The summed E-state index contributed by atoms with van der Waals surface area (Å²) in [6.07, 6.45) is 2.40. The van der Waals surface area contributed by atoms with Crippen molar-refractivity contribution in [2.75, 3.05) is 0 Å². The third-order valence-electron chi connectivity index (χ3n) is 2.94. The molecular weight excluding hydrogens is 200 g/mol. The maximum Gasteiger partial charge on any atom is 0.120 e. The Bertz CT molecular complexity index is 341. The number of allylic oxidation sites excluding steroid dienone is 1. The molecule has 0 atom stereocenters. The number of hydrogen-bond acceptors (Lipinski definition) is 1. The summed E-state index contributed by atoms with van der Waals surface area (Å²) in [6.45, 7) is 8.72. The molecule has 2 heteroatoms. The molecule has 0 aliphatic rings. The van der Waals surface area contributed by atoms with Crippen LogP contribution in [0.5, 0.6) is 0 Å². The summed E-state index contributed by atoms with van der Waals surface area (Å²) in [7, 11) is -1.57. The lowest BCUT2D eigenvalue weighted by Crippen LogP contribution is -2.43. The van der Waals surface area contributed by atoms with E-state index in [4.69, 9.17) is 0 Å². The van der Waals surface area contributed by atoms with Crippen LogP contribution >= 0.6 is 0 Å². The lowest BCUT2D eigenvalue weighted by Gasteiger charge is -2.25. The average molecular weight is 218 g/mol. The van der Waals surface area contributed by atoms with E-state index in [-0.39, 0.29) is 0 Å². The van der Waals surface area contributed by atoms with Gasteiger partial charge in [-0.15, -0.1) is 6.58 Å². The number of benzene rings is 1. The molecule has 0 aliphatic carbocycles. The quantitative estimate of drug-likeness (QED) is 0.548. The Labute approximate surface area is 92.8 Å². The highest BCUT2D eigenvalue weighted by molar-refractivity contribution is 6.95. The second-order valence-corrected chi connectivity index (χ2v) is 8.83. The van der Waals surface area contributed by atoms with Crippen molar-refractivity contribution in [3.05, 3.63) is 42.1 Å². The molecule has 0 radical (unpaired) electrons. The molecule has 0 amide bonds. The van der Waals surface area contributed by atoms with Gasteiger partial charge in [-0.2, -0.15) is 0 Å². The predicted molar refractivity (Wildman–Crippen MR) is 68.0 cm³/mol. The molecule has 0 saturated heterocycles. The Balaban J connectivity index is 2.82. The topological polar surface area (TPSA) is 17.1 Å². The molecule has 0 heterocycles. The molecule has 0 N–H and O–H groups in total. The third kappa shape index (κ3) is 2.90. The van der Waals surface area contributed by atoms with E-state index < -0.39 is 8.07 Å².